The van der Waals surface area contributed by atoms with E-state index in [0.29, 0.717) is 24.0 Å². The first kappa shape index (κ1) is 74.8. The van der Waals surface area contributed by atoms with Crippen LogP contribution in [-0.4, -0.2) is 153 Å². The number of halogens is 5. The standard InChI is InChI=1S/C18H15ClFNO3.C15H16F3N5O4S.C14H17N5O7S2.C5H12NO4P/c1-3-10(2)24-16-9-15(14(20)8-13(16)19)21-17(22)11-6-4-5-7-12(11)18(21)23;1-9-19-12(22-14(20-9)27-2)21-13(24)23-28(25,26)11-6-4-3-5-10(11)7-8-15(16,17)18;1-4-27(21,22)9-6-5-7-15-12(9)28(23,24)19-14(20)18-13-16-10(25-2)8-11(17-13)26-3;1-11(9,10)3-2-4(6)5(7)8/h1,8-10H,4-7H2,2H3;3-6H,7-8H2,1-2H3,(H2,19,20,21,22,23,24);5-8H,4H2,1-3H3,(H2,16,17,18,19,20);4H,2-3,6H2,1H3,(H,7,8)(H,9,10). The molecule has 7 rings (SSSR count). The molecule has 2 aliphatic rings. The van der Waals surface area contributed by atoms with E-state index in [1.165, 1.54) is 78.2 Å². The number of carboxylic acid groups (broad SMARTS) is 1. The summed E-state index contributed by atoms with van der Waals surface area (Å²) in [6.45, 7) is 5.67. The number of benzene rings is 2. The van der Waals surface area contributed by atoms with Gasteiger partial charge in [-0.15, -0.1) is 6.42 Å². The van der Waals surface area contributed by atoms with Gasteiger partial charge in [-0.1, -0.05) is 42.6 Å². The lowest BCUT2D eigenvalue weighted by Gasteiger charge is -2.19. The molecule has 30 nitrogen and oxygen atoms in total. The SMILES string of the molecule is C#CC(C)Oc1cc(N2C(=O)C3=C(CCCC3)C2=O)c(F)cc1Cl.CCS(=O)(=O)c1cccnc1S(=O)(=O)NC(=O)Nc1nc(OC)cc(OC)n1.COc1nc(C)nc(NC(=O)NS(=O)(=O)c2ccccc2CCC(F)(F)F)n1.CP(=O)(O)CCC(N)C(=O)O. The van der Waals surface area contributed by atoms with Crippen molar-refractivity contribution >= 4 is 96.3 Å². The molecular weight excluding hydrogens is 1320 g/mol. The first-order chi connectivity index (χ1) is 42.4. The molecule has 0 bridgehead atoms. The Balaban J connectivity index is 0.000000270. The molecule has 0 saturated carbocycles. The topological polar surface area (TPSA) is 437 Å². The fourth-order valence-electron chi connectivity index (χ4n) is 7.56. The van der Waals surface area contributed by atoms with Crippen LogP contribution in [-0.2, 0) is 55.3 Å². The van der Waals surface area contributed by atoms with Crippen molar-refractivity contribution in [3.05, 3.63) is 94.2 Å². The number of hydrogen-bond acceptors (Lipinski definition) is 23. The molecule has 1 aliphatic heterocycles. The average Bonchev–Trinajstić information content (AvgIpc) is 1.63. The quantitative estimate of drug-likeness (QED) is 0.0213. The largest absolute Gasteiger partial charge is 0.481 e. The number of amides is 6. The number of nitrogens with two attached hydrogens (primary N) is 1. The first-order valence-electron chi connectivity index (χ1n) is 26.1. The molecular formula is C52H60ClF4N12O18PS3. The van der Waals surface area contributed by atoms with Gasteiger partial charge < -0.3 is 34.7 Å². The van der Waals surface area contributed by atoms with Crippen molar-refractivity contribution in [1.29, 1.82) is 0 Å². The Morgan fingerprint density at radius 3 is 1.91 bits per heavy atom. The van der Waals surface area contributed by atoms with Crippen LogP contribution >= 0.6 is 19.0 Å². The van der Waals surface area contributed by atoms with Gasteiger partial charge in [0.05, 0.1) is 48.8 Å². The Kier molecular flexibility index (Phi) is 26.6. The molecule has 2 aromatic carbocycles. The number of hydrogen-bond donors (Lipinski definition) is 7. The second-order valence-electron chi connectivity index (χ2n) is 18.8. The molecule has 0 fully saturated rings. The van der Waals surface area contributed by atoms with Gasteiger partial charge in [0.1, 0.15) is 28.3 Å². The zero-order valence-corrected chi connectivity index (χ0v) is 53.2. The molecule has 0 radical (unpaired) electrons. The molecule has 5 aromatic rings. The number of sulfone groups is 1. The highest BCUT2D eigenvalue weighted by Crippen LogP contribution is 2.40. The molecule has 3 aromatic heterocycles. The summed E-state index contributed by atoms with van der Waals surface area (Å²) in [5.41, 5.74) is 5.83. The van der Waals surface area contributed by atoms with Gasteiger partial charge in [0, 0.05) is 42.7 Å². The Morgan fingerprint density at radius 1 is 0.846 bits per heavy atom. The summed E-state index contributed by atoms with van der Waals surface area (Å²) in [6.07, 6.45) is 2.37. The van der Waals surface area contributed by atoms with Crippen LogP contribution < -0.4 is 49.7 Å². The van der Waals surface area contributed by atoms with Crippen LogP contribution in [0.2, 0.25) is 5.02 Å². The maximum atomic E-state index is 14.4. The normalized spacial score (nSPS) is 14.3. The van der Waals surface area contributed by atoms with Crippen molar-refractivity contribution in [2.45, 2.75) is 98.9 Å². The minimum Gasteiger partial charge on any atom is -0.481 e. The third-order valence-corrected chi connectivity index (χ3v) is 17.9. The maximum Gasteiger partial charge on any atom is 0.389 e. The van der Waals surface area contributed by atoms with Gasteiger partial charge in [0.25, 0.3) is 31.9 Å². The van der Waals surface area contributed by atoms with Gasteiger partial charge in [-0.25, -0.2) is 50.1 Å². The average molecular weight is 1380 g/mol. The number of aryl methyl sites for hydroxylation is 2. The van der Waals surface area contributed by atoms with E-state index in [1.807, 2.05) is 0 Å². The van der Waals surface area contributed by atoms with E-state index in [4.69, 9.17) is 52.7 Å². The minimum atomic E-state index is -4.61. The fraction of sp³-hybridized carbons (Fsp3) is 0.365. The highest BCUT2D eigenvalue weighted by molar-refractivity contribution is 7.93. The first-order valence-corrected chi connectivity index (χ1v) is 33.4. The van der Waals surface area contributed by atoms with Gasteiger partial charge in [-0.2, -0.15) is 46.5 Å². The number of aromatic nitrogens is 6. The van der Waals surface area contributed by atoms with Crippen LogP contribution in [0.5, 0.6) is 23.5 Å². The molecule has 8 N–H and O–H groups in total. The number of imide groups is 1. The summed E-state index contributed by atoms with van der Waals surface area (Å²) in [5, 5.41) is 11.7. The van der Waals surface area contributed by atoms with Crippen LogP contribution in [0.3, 0.4) is 0 Å². The monoisotopic (exact) mass is 1380 g/mol. The Bertz CT molecular complexity index is 3960. The third-order valence-electron chi connectivity index (χ3n) is 11.9. The molecule has 3 atom stereocenters. The lowest BCUT2D eigenvalue weighted by Crippen LogP contribution is -2.36. The second-order valence-corrected chi connectivity index (χ2v) is 27.3. The third kappa shape index (κ3) is 22.4. The number of methoxy groups -OCH3 is 3. The van der Waals surface area contributed by atoms with Crippen LogP contribution in [0, 0.1) is 25.1 Å². The highest BCUT2D eigenvalue weighted by Gasteiger charge is 2.41. The number of carboxylic acids is 1. The van der Waals surface area contributed by atoms with E-state index in [9.17, 15) is 71.4 Å². The van der Waals surface area contributed by atoms with Gasteiger partial charge in [0.15, 0.2) is 28.3 Å². The number of terminal acetylenes is 1. The number of aliphatic carboxylic acids is 1. The Labute approximate surface area is 523 Å². The number of sulfonamides is 2. The number of alkyl halides is 3. The number of anilines is 3. The highest BCUT2D eigenvalue weighted by atomic mass is 35.5. The number of carbonyl (C=O) groups is 5. The lowest BCUT2D eigenvalue weighted by atomic mass is 9.93. The van der Waals surface area contributed by atoms with Crippen molar-refractivity contribution < 1.29 is 100 Å². The Hall–Kier alpha value is -8.66. The van der Waals surface area contributed by atoms with Gasteiger partial charge in [-0.3, -0.25) is 29.6 Å². The summed E-state index contributed by atoms with van der Waals surface area (Å²) >= 11 is 5.97. The van der Waals surface area contributed by atoms with E-state index in [0.717, 1.165) is 42.1 Å². The summed E-state index contributed by atoms with van der Waals surface area (Å²) in [7, 11) is -12.1. The minimum absolute atomic E-state index is 0.0233. The maximum absolute atomic E-state index is 14.4. The second kappa shape index (κ2) is 32.4. The number of ether oxygens (including phenoxy) is 4. The van der Waals surface area contributed by atoms with Crippen molar-refractivity contribution in [2.75, 3.05) is 55.4 Å². The summed E-state index contributed by atoms with van der Waals surface area (Å²) in [6, 6.07) is 7.52. The van der Waals surface area contributed by atoms with E-state index in [-0.39, 0.29) is 75.9 Å². The van der Waals surface area contributed by atoms with Crippen molar-refractivity contribution in [3.8, 4) is 35.9 Å². The molecule has 4 heterocycles. The predicted octanol–water partition coefficient (Wildman–Crippen LogP) is 5.70. The fourth-order valence-corrected chi connectivity index (χ4v) is 12.2. The van der Waals surface area contributed by atoms with Crippen LogP contribution in [0.25, 0.3) is 0 Å². The molecule has 0 saturated heterocycles. The van der Waals surface area contributed by atoms with Crippen LogP contribution in [0.1, 0.15) is 63.8 Å². The summed E-state index contributed by atoms with van der Waals surface area (Å²) < 4.78 is 160. The van der Waals surface area contributed by atoms with E-state index in [1.54, 1.807) is 16.4 Å². The van der Waals surface area contributed by atoms with Crippen molar-refractivity contribution in [2.24, 2.45) is 5.73 Å². The predicted molar refractivity (Wildman–Crippen MR) is 317 cm³/mol. The van der Waals surface area contributed by atoms with E-state index < -0.39 is 119 Å². The molecule has 0 spiro atoms. The van der Waals surface area contributed by atoms with Gasteiger partial charge in [0.2, 0.25) is 23.7 Å². The smallest absolute Gasteiger partial charge is 0.389 e. The van der Waals surface area contributed by atoms with Crippen molar-refractivity contribution in [3.63, 3.8) is 0 Å². The van der Waals surface area contributed by atoms with Crippen LogP contribution in [0.15, 0.2) is 86.8 Å². The molecule has 1 aliphatic carbocycles. The van der Waals surface area contributed by atoms with Crippen molar-refractivity contribution in [1.82, 2.24) is 39.3 Å². The molecule has 6 amide bonds. The van der Waals surface area contributed by atoms with E-state index >= 15 is 0 Å². The molecule has 3 unspecified atom stereocenters. The zero-order valence-electron chi connectivity index (χ0n) is 49.1. The molecule has 39 heteroatoms. The number of urea groups is 2. The van der Waals surface area contributed by atoms with Crippen LogP contribution in [0.4, 0.5) is 44.7 Å². The van der Waals surface area contributed by atoms with Gasteiger partial charge >= 0.3 is 30.2 Å². The summed E-state index contributed by atoms with van der Waals surface area (Å²) in [4.78, 5) is 90.6. The number of nitrogens with one attached hydrogen (secondary N) is 4. The number of pyridine rings is 1. The zero-order chi connectivity index (χ0) is 68.4. The number of nitrogens with zero attached hydrogens (tertiary/aromatic N) is 7. The van der Waals surface area contributed by atoms with Gasteiger partial charge in [-0.05, 0) is 82.2 Å². The number of rotatable bonds is 20. The number of carbonyl (C=O) groups excluding carboxylic acids is 4. The van der Waals surface area contributed by atoms with E-state index in [2.05, 4.69) is 46.5 Å². The molecule has 91 heavy (non-hydrogen) atoms. The lowest BCUT2D eigenvalue weighted by molar-refractivity contribution is -0.138. The Morgan fingerprint density at radius 2 is 1.40 bits per heavy atom. The summed E-state index contributed by atoms with van der Waals surface area (Å²) in [5.74, 6) is -0.904. The molecule has 494 valence electrons.